The molecule has 138 valence electrons. The molecule has 0 saturated carbocycles. The van der Waals surface area contributed by atoms with E-state index in [9.17, 15) is 9.59 Å². The molecule has 0 radical (unpaired) electrons. The number of hydrogen-bond acceptors (Lipinski definition) is 3. The quantitative estimate of drug-likeness (QED) is 0.698. The van der Waals surface area contributed by atoms with E-state index in [-0.39, 0.29) is 5.91 Å². The van der Waals surface area contributed by atoms with Crippen molar-refractivity contribution >= 4 is 11.9 Å². The zero-order valence-corrected chi connectivity index (χ0v) is 15.0. The Bertz CT molecular complexity index is 865. The molecule has 1 aromatic heterocycles. The Kier molecular flexibility index (Phi) is 5.66. The number of hydrogen-bond donors (Lipinski definition) is 1. The van der Waals surface area contributed by atoms with Gasteiger partial charge in [0.2, 0.25) is 0 Å². The first kappa shape index (κ1) is 18.4. The zero-order valence-electron chi connectivity index (χ0n) is 15.0. The van der Waals surface area contributed by atoms with Crippen LogP contribution in [0, 0.1) is 0 Å². The Morgan fingerprint density at radius 2 is 1.52 bits per heavy atom. The fourth-order valence-corrected chi connectivity index (χ4v) is 2.76. The van der Waals surface area contributed by atoms with Crippen molar-refractivity contribution < 1.29 is 14.7 Å². The van der Waals surface area contributed by atoms with Crippen molar-refractivity contribution in [2.24, 2.45) is 0 Å². The van der Waals surface area contributed by atoms with Crippen LogP contribution in [0.15, 0.2) is 73.1 Å². The predicted molar refractivity (Wildman–Crippen MR) is 101 cm³/mol. The van der Waals surface area contributed by atoms with Crippen LogP contribution in [-0.4, -0.2) is 31.7 Å². The van der Waals surface area contributed by atoms with Gasteiger partial charge in [-0.1, -0.05) is 60.7 Å². The molecular weight excluding hydrogens is 342 g/mol. The van der Waals surface area contributed by atoms with Crippen molar-refractivity contribution in [3.63, 3.8) is 0 Å². The van der Waals surface area contributed by atoms with Crippen molar-refractivity contribution in [2.75, 3.05) is 0 Å². The number of carbonyl (C=O) groups is 2. The van der Waals surface area contributed by atoms with E-state index in [1.807, 2.05) is 60.7 Å². The number of nitrogens with zero attached hydrogens (tertiary/aromatic N) is 3. The summed E-state index contributed by atoms with van der Waals surface area (Å²) < 4.78 is 1.29. The van der Waals surface area contributed by atoms with E-state index >= 15 is 0 Å². The van der Waals surface area contributed by atoms with Crippen LogP contribution in [0.1, 0.15) is 34.5 Å². The van der Waals surface area contributed by atoms with Crippen molar-refractivity contribution in [3.05, 3.63) is 89.7 Å². The summed E-state index contributed by atoms with van der Waals surface area (Å²) in [6.07, 6.45) is 2.91. The summed E-state index contributed by atoms with van der Waals surface area (Å²) in [7, 11) is 0. The van der Waals surface area contributed by atoms with Gasteiger partial charge in [0.25, 0.3) is 5.91 Å². The van der Waals surface area contributed by atoms with E-state index in [1.54, 1.807) is 4.90 Å². The third-order valence-electron chi connectivity index (χ3n) is 4.32. The molecule has 0 aliphatic heterocycles. The molecule has 1 unspecified atom stereocenters. The average molecular weight is 363 g/mol. The Morgan fingerprint density at radius 3 is 2.00 bits per heavy atom. The minimum atomic E-state index is -0.998. The highest BCUT2D eigenvalue weighted by molar-refractivity contribution is 5.93. The number of carbonyl (C=O) groups excluding carboxylic acids is 1. The number of aliphatic carboxylic acids is 1. The minimum absolute atomic E-state index is 0.188. The standard InChI is InChI=1S/C21H21N3O3/c1-16(21(26)27)24-15-19(12-22-24)20(25)23(13-17-8-4-2-5-9-17)14-18-10-6-3-7-11-18/h2-12,15-16H,13-14H2,1H3,(H,26,27). The normalized spacial score (nSPS) is 11.7. The molecule has 0 fully saturated rings. The van der Waals surface area contributed by atoms with Crippen LogP contribution in [0.2, 0.25) is 0 Å². The first-order valence-electron chi connectivity index (χ1n) is 8.68. The molecule has 27 heavy (non-hydrogen) atoms. The number of carboxylic acids is 1. The molecule has 0 spiro atoms. The SMILES string of the molecule is CC(C(=O)O)n1cc(C(=O)N(Cc2ccccc2)Cc2ccccc2)cn1. The van der Waals surface area contributed by atoms with E-state index in [1.165, 1.54) is 24.0 Å². The van der Waals surface area contributed by atoms with E-state index in [2.05, 4.69) is 5.10 Å². The second-order valence-electron chi connectivity index (χ2n) is 6.36. The van der Waals surface area contributed by atoms with Crippen LogP contribution in [0.3, 0.4) is 0 Å². The molecular formula is C21H21N3O3. The third kappa shape index (κ3) is 4.61. The minimum Gasteiger partial charge on any atom is -0.480 e. The first-order valence-corrected chi connectivity index (χ1v) is 8.68. The Balaban J connectivity index is 1.85. The van der Waals surface area contributed by atoms with Crippen molar-refractivity contribution in [1.82, 2.24) is 14.7 Å². The van der Waals surface area contributed by atoms with Gasteiger partial charge in [0.05, 0.1) is 11.8 Å². The Hall–Kier alpha value is -3.41. The topological polar surface area (TPSA) is 75.4 Å². The van der Waals surface area contributed by atoms with Gasteiger partial charge in [0.15, 0.2) is 0 Å². The maximum atomic E-state index is 13.1. The highest BCUT2D eigenvalue weighted by Gasteiger charge is 2.21. The van der Waals surface area contributed by atoms with E-state index in [0.717, 1.165) is 11.1 Å². The summed E-state index contributed by atoms with van der Waals surface area (Å²) in [5.41, 5.74) is 2.41. The Morgan fingerprint density at radius 1 is 1.00 bits per heavy atom. The van der Waals surface area contributed by atoms with Crippen LogP contribution in [0.4, 0.5) is 0 Å². The number of aromatic nitrogens is 2. The molecule has 0 saturated heterocycles. The molecule has 2 aromatic carbocycles. The number of carboxylic acid groups (broad SMARTS) is 1. The lowest BCUT2D eigenvalue weighted by Gasteiger charge is -2.22. The third-order valence-corrected chi connectivity index (χ3v) is 4.32. The van der Waals surface area contributed by atoms with Gasteiger partial charge in [0, 0.05) is 19.3 Å². The largest absolute Gasteiger partial charge is 0.480 e. The number of benzene rings is 2. The summed E-state index contributed by atoms with van der Waals surface area (Å²) in [6.45, 7) is 2.43. The highest BCUT2D eigenvalue weighted by Crippen LogP contribution is 2.15. The second-order valence-corrected chi connectivity index (χ2v) is 6.36. The van der Waals surface area contributed by atoms with Crippen LogP contribution in [0.5, 0.6) is 0 Å². The van der Waals surface area contributed by atoms with Crippen molar-refractivity contribution in [2.45, 2.75) is 26.1 Å². The highest BCUT2D eigenvalue weighted by atomic mass is 16.4. The van der Waals surface area contributed by atoms with Crippen molar-refractivity contribution in [3.8, 4) is 0 Å². The molecule has 1 atom stereocenters. The van der Waals surface area contributed by atoms with Gasteiger partial charge >= 0.3 is 5.97 Å². The van der Waals surface area contributed by atoms with Gasteiger partial charge in [-0.3, -0.25) is 9.48 Å². The summed E-state index contributed by atoms with van der Waals surface area (Å²) >= 11 is 0. The first-order chi connectivity index (χ1) is 13.0. The fraction of sp³-hybridized carbons (Fsp3) is 0.190. The van der Waals surface area contributed by atoms with Gasteiger partial charge in [0.1, 0.15) is 6.04 Å². The monoisotopic (exact) mass is 363 g/mol. The molecule has 0 aliphatic carbocycles. The molecule has 0 aliphatic rings. The molecule has 3 aromatic rings. The smallest absolute Gasteiger partial charge is 0.328 e. The molecule has 1 amide bonds. The summed E-state index contributed by atoms with van der Waals surface area (Å²) in [5, 5.41) is 13.2. The van der Waals surface area contributed by atoms with E-state index in [0.29, 0.717) is 18.7 Å². The van der Waals surface area contributed by atoms with E-state index in [4.69, 9.17) is 5.11 Å². The maximum absolute atomic E-state index is 13.1. The number of rotatable bonds is 7. The van der Waals surface area contributed by atoms with Gasteiger partial charge < -0.3 is 10.0 Å². The molecule has 1 heterocycles. The lowest BCUT2D eigenvalue weighted by molar-refractivity contribution is -0.140. The van der Waals surface area contributed by atoms with Gasteiger partial charge in [-0.05, 0) is 18.1 Å². The van der Waals surface area contributed by atoms with Gasteiger partial charge in [-0.25, -0.2) is 4.79 Å². The maximum Gasteiger partial charge on any atom is 0.328 e. The van der Waals surface area contributed by atoms with Crippen LogP contribution >= 0.6 is 0 Å². The lowest BCUT2D eigenvalue weighted by Crippen LogP contribution is -2.30. The van der Waals surface area contributed by atoms with Crippen LogP contribution < -0.4 is 0 Å². The Labute approximate surface area is 157 Å². The molecule has 3 rings (SSSR count). The van der Waals surface area contributed by atoms with Crippen molar-refractivity contribution in [1.29, 1.82) is 0 Å². The molecule has 0 bridgehead atoms. The summed E-state index contributed by atoms with van der Waals surface area (Å²) in [5.74, 6) is -1.19. The predicted octanol–water partition coefficient (Wildman–Crippen LogP) is 3.37. The molecule has 6 nitrogen and oxygen atoms in total. The van der Waals surface area contributed by atoms with Crippen LogP contribution in [0.25, 0.3) is 0 Å². The van der Waals surface area contributed by atoms with E-state index < -0.39 is 12.0 Å². The zero-order chi connectivity index (χ0) is 19.2. The van der Waals surface area contributed by atoms with Gasteiger partial charge in [-0.15, -0.1) is 0 Å². The average Bonchev–Trinajstić information content (AvgIpc) is 3.18. The molecule has 1 N–H and O–H groups in total. The molecule has 6 heteroatoms. The van der Waals surface area contributed by atoms with Crippen LogP contribution in [-0.2, 0) is 17.9 Å². The lowest BCUT2D eigenvalue weighted by atomic mass is 10.1. The summed E-state index contributed by atoms with van der Waals surface area (Å²) in [4.78, 5) is 26.0. The summed E-state index contributed by atoms with van der Waals surface area (Å²) in [6, 6.07) is 18.7. The second kappa shape index (κ2) is 8.31. The van der Waals surface area contributed by atoms with Gasteiger partial charge in [-0.2, -0.15) is 5.10 Å². The number of amides is 1. The fourth-order valence-electron chi connectivity index (χ4n) is 2.76.